The quantitative estimate of drug-likeness (QED) is 0.222. The van der Waals surface area contributed by atoms with Crippen LogP contribution in [0, 0.1) is 0 Å². The minimum Gasteiger partial charge on any atom is -0.478 e. The van der Waals surface area contributed by atoms with E-state index in [9.17, 15) is 24.0 Å². The Morgan fingerprint density at radius 2 is 1.29 bits per heavy atom. The monoisotopic (exact) mass is 571 g/mol. The first kappa shape index (κ1) is 34.4. The first-order chi connectivity index (χ1) is 19.1. The van der Waals surface area contributed by atoms with E-state index in [-0.39, 0.29) is 13.2 Å². The van der Waals surface area contributed by atoms with Crippen molar-refractivity contribution in [1.29, 1.82) is 0 Å². The van der Waals surface area contributed by atoms with Crippen LogP contribution in [0.3, 0.4) is 0 Å². The van der Waals surface area contributed by atoms with Gasteiger partial charge in [0.25, 0.3) is 0 Å². The number of dihydropyridines is 1. The lowest BCUT2D eigenvalue weighted by Crippen LogP contribution is -2.32. The SMILES string of the molecule is CCOC(=O)C1=C(C)NC(C)=C(C(=O)OCC)C1c1ccccc1/C=C/C(=O)OC(C)(C)C.O=C(O)/C=C\C(=O)O. The average molecular weight is 572 g/mol. The van der Waals surface area contributed by atoms with E-state index in [1.54, 1.807) is 54.5 Å². The highest BCUT2D eigenvalue weighted by atomic mass is 16.6. The van der Waals surface area contributed by atoms with Gasteiger partial charge in [0.05, 0.1) is 30.3 Å². The predicted molar refractivity (Wildman–Crippen MR) is 150 cm³/mol. The Labute approximate surface area is 239 Å². The molecule has 222 valence electrons. The van der Waals surface area contributed by atoms with Crippen molar-refractivity contribution in [3.8, 4) is 0 Å². The standard InChI is InChI=1S/C26H33NO6.C4H4O4/c1-8-31-24(29)21-16(3)27-17(4)22(25(30)32-9-2)23(21)19-13-11-10-12-18(19)14-15-20(28)33-26(5,6)7;5-3(6)1-2-4(7)8/h10-15,23,27H,8-9H2,1-7H3;1-2H,(H,5,6)(H,7,8)/b15-14+;2-1-. The summed E-state index contributed by atoms with van der Waals surface area (Å²) in [7, 11) is 0. The van der Waals surface area contributed by atoms with Crippen LogP contribution in [0.15, 0.2) is 65.0 Å². The van der Waals surface area contributed by atoms with Crippen molar-refractivity contribution in [1.82, 2.24) is 5.32 Å². The molecule has 0 saturated carbocycles. The third-order valence-electron chi connectivity index (χ3n) is 5.23. The maximum absolute atomic E-state index is 13.0. The van der Waals surface area contributed by atoms with Crippen LogP contribution < -0.4 is 5.32 Å². The number of aliphatic carboxylic acids is 2. The number of benzene rings is 1. The fourth-order valence-corrected chi connectivity index (χ4v) is 3.83. The first-order valence-corrected chi connectivity index (χ1v) is 12.8. The van der Waals surface area contributed by atoms with E-state index in [0.717, 1.165) is 0 Å². The number of carboxylic acid groups (broad SMARTS) is 2. The van der Waals surface area contributed by atoms with Crippen LogP contribution >= 0.6 is 0 Å². The number of rotatable bonds is 9. The van der Waals surface area contributed by atoms with E-state index in [4.69, 9.17) is 24.4 Å². The number of carbonyl (C=O) groups is 5. The van der Waals surface area contributed by atoms with Crippen molar-refractivity contribution >= 4 is 35.9 Å². The lowest BCUT2D eigenvalue weighted by Gasteiger charge is -2.31. The molecule has 0 aliphatic carbocycles. The number of hydrogen-bond donors (Lipinski definition) is 3. The van der Waals surface area contributed by atoms with Crippen molar-refractivity contribution in [2.45, 2.75) is 60.0 Å². The molecule has 11 nitrogen and oxygen atoms in total. The van der Waals surface area contributed by atoms with E-state index in [1.165, 1.54) is 6.08 Å². The normalized spacial score (nSPS) is 13.8. The third kappa shape index (κ3) is 11.1. The fourth-order valence-electron chi connectivity index (χ4n) is 3.83. The summed E-state index contributed by atoms with van der Waals surface area (Å²) in [6.07, 6.45) is 4.08. The summed E-state index contributed by atoms with van der Waals surface area (Å²) in [5.74, 6) is -4.78. The molecule has 0 atom stereocenters. The van der Waals surface area contributed by atoms with Gasteiger partial charge in [-0.15, -0.1) is 0 Å². The molecule has 11 heteroatoms. The fraction of sp³-hybridized carbons (Fsp3) is 0.367. The molecule has 1 aliphatic heterocycles. The molecule has 1 aliphatic rings. The van der Waals surface area contributed by atoms with Crippen molar-refractivity contribution in [2.75, 3.05) is 13.2 Å². The molecule has 0 aromatic heterocycles. The second-order valence-corrected chi connectivity index (χ2v) is 9.58. The van der Waals surface area contributed by atoms with Gasteiger partial charge in [-0.05, 0) is 65.7 Å². The van der Waals surface area contributed by atoms with Gasteiger partial charge in [0.1, 0.15) is 5.60 Å². The molecule has 0 unspecified atom stereocenters. The van der Waals surface area contributed by atoms with Crippen molar-refractivity contribution in [2.24, 2.45) is 0 Å². The molecule has 0 saturated heterocycles. The minimum atomic E-state index is -1.26. The summed E-state index contributed by atoms with van der Waals surface area (Å²) < 4.78 is 16.0. The van der Waals surface area contributed by atoms with Crippen LogP contribution in [0.4, 0.5) is 0 Å². The van der Waals surface area contributed by atoms with E-state index in [1.807, 2.05) is 24.3 Å². The summed E-state index contributed by atoms with van der Waals surface area (Å²) in [6, 6.07) is 7.27. The number of carbonyl (C=O) groups excluding carboxylic acids is 3. The number of esters is 3. The number of allylic oxidation sites excluding steroid dienone is 2. The van der Waals surface area contributed by atoms with Crippen LogP contribution in [0.25, 0.3) is 6.08 Å². The van der Waals surface area contributed by atoms with Gasteiger partial charge in [-0.3, -0.25) is 0 Å². The van der Waals surface area contributed by atoms with Crippen molar-refractivity contribution in [3.05, 3.63) is 76.2 Å². The van der Waals surface area contributed by atoms with Crippen LogP contribution in [-0.2, 0) is 38.2 Å². The Balaban J connectivity index is 0.000000915. The predicted octanol–water partition coefficient (Wildman–Crippen LogP) is 4.11. The second-order valence-electron chi connectivity index (χ2n) is 9.58. The molecule has 1 aromatic rings. The Hall–Kier alpha value is -4.67. The Morgan fingerprint density at radius 1 is 0.829 bits per heavy atom. The zero-order valence-corrected chi connectivity index (χ0v) is 24.3. The second kappa shape index (κ2) is 15.8. The van der Waals surface area contributed by atoms with Crippen molar-refractivity contribution < 1.29 is 48.4 Å². The maximum Gasteiger partial charge on any atom is 0.336 e. The third-order valence-corrected chi connectivity index (χ3v) is 5.23. The highest BCUT2D eigenvalue weighted by molar-refractivity contribution is 6.00. The summed E-state index contributed by atoms with van der Waals surface area (Å²) >= 11 is 0. The number of nitrogens with one attached hydrogen (secondary N) is 1. The van der Waals surface area contributed by atoms with Crippen molar-refractivity contribution in [3.63, 3.8) is 0 Å². The number of ether oxygens (including phenoxy) is 3. The molecule has 41 heavy (non-hydrogen) atoms. The molecule has 3 N–H and O–H groups in total. The first-order valence-electron chi connectivity index (χ1n) is 12.8. The molecule has 1 heterocycles. The van der Waals surface area contributed by atoms with E-state index >= 15 is 0 Å². The van der Waals surface area contributed by atoms with Gasteiger partial charge in [-0.2, -0.15) is 0 Å². The molecule has 1 aromatic carbocycles. The smallest absolute Gasteiger partial charge is 0.336 e. The Bertz CT molecular complexity index is 1220. The lowest BCUT2D eigenvalue weighted by atomic mass is 9.78. The maximum atomic E-state index is 13.0. The van der Waals surface area contributed by atoms with Gasteiger partial charge in [0, 0.05) is 29.6 Å². The highest BCUT2D eigenvalue weighted by Crippen LogP contribution is 2.41. The summed E-state index contributed by atoms with van der Waals surface area (Å²) in [6.45, 7) is 12.8. The molecule has 2 rings (SSSR count). The van der Waals surface area contributed by atoms with Gasteiger partial charge >= 0.3 is 29.8 Å². The van der Waals surface area contributed by atoms with Gasteiger partial charge in [-0.25, -0.2) is 24.0 Å². The highest BCUT2D eigenvalue weighted by Gasteiger charge is 2.38. The molecular weight excluding hydrogens is 534 g/mol. The van der Waals surface area contributed by atoms with Crippen LogP contribution in [-0.4, -0.2) is 58.9 Å². The lowest BCUT2D eigenvalue weighted by molar-refractivity contribution is -0.148. The van der Waals surface area contributed by atoms with Gasteiger partial charge in [0.2, 0.25) is 0 Å². The Kier molecular flexibility index (Phi) is 13.2. The number of carboxylic acids is 2. The Morgan fingerprint density at radius 3 is 1.71 bits per heavy atom. The van der Waals surface area contributed by atoms with Gasteiger partial charge in [0.15, 0.2) is 0 Å². The zero-order valence-electron chi connectivity index (χ0n) is 24.3. The average Bonchev–Trinajstić information content (AvgIpc) is 2.85. The zero-order chi connectivity index (χ0) is 31.3. The van der Waals surface area contributed by atoms with Crippen LogP contribution in [0.5, 0.6) is 0 Å². The molecule has 0 fully saturated rings. The molecule has 0 amide bonds. The van der Waals surface area contributed by atoms with Gasteiger partial charge in [-0.1, -0.05) is 24.3 Å². The summed E-state index contributed by atoms with van der Waals surface area (Å²) in [5, 5.41) is 18.7. The molecule has 0 radical (unpaired) electrons. The van der Waals surface area contributed by atoms with E-state index in [2.05, 4.69) is 5.32 Å². The van der Waals surface area contributed by atoms with Crippen LogP contribution in [0.2, 0.25) is 0 Å². The van der Waals surface area contributed by atoms with E-state index in [0.29, 0.717) is 45.8 Å². The summed E-state index contributed by atoms with van der Waals surface area (Å²) in [5.41, 5.74) is 2.55. The molecule has 0 spiro atoms. The van der Waals surface area contributed by atoms with Gasteiger partial charge < -0.3 is 29.7 Å². The van der Waals surface area contributed by atoms with E-state index < -0.39 is 41.4 Å². The van der Waals surface area contributed by atoms with Crippen LogP contribution in [0.1, 0.15) is 65.5 Å². The topological polar surface area (TPSA) is 166 Å². The summed E-state index contributed by atoms with van der Waals surface area (Å²) in [4.78, 5) is 57.3. The number of hydrogen-bond acceptors (Lipinski definition) is 9. The molecular formula is C30H37NO10. The largest absolute Gasteiger partial charge is 0.478 e. The minimum absolute atomic E-state index is 0.194. The molecule has 0 bridgehead atoms.